The number of carbonyl (C=O) groups is 1. The van der Waals surface area contributed by atoms with Crippen LogP contribution in [0.25, 0.3) is 0 Å². The van der Waals surface area contributed by atoms with Crippen LogP contribution in [-0.2, 0) is 4.74 Å². The van der Waals surface area contributed by atoms with Gasteiger partial charge >= 0.3 is 6.09 Å². The van der Waals surface area contributed by atoms with E-state index in [9.17, 15) is 9.90 Å². The summed E-state index contributed by atoms with van der Waals surface area (Å²) in [5, 5.41) is 12.7. The second-order valence-corrected chi connectivity index (χ2v) is 6.05. The minimum Gasteiger partial charge on any atom is -0.444 e. The van der Waals surface area contributed by atoms with Crippen molar-refractivity contribution in [3.05, 3.63) is 0 Å². The van der Waals surface area contributed by atoms with E-state index in [1.54, 1.807) is 4.90 Å². The first-order valence-corrected chi connectivity index (χ1v) is 6.24. The zero-order chi connectivity index (χ0) is 12.6. The van der Waals surface area contributed by atoms with Gasteiger partial charge in [0.25, 0.3) is 0 Å². The van der Waals surface area contributed by atoms with Crippen molar-refractivity contribution in [3.63, 3.8) is 0 Å². The molecule has 2 heterocycles. The van der Waals surface area contributed by atoms with Gasteiger partial charge in [-0.2, -0.15) is 0 Å². The molecule has 2 saturated heterocycles. The van der Waals surface area contributed by atoms with Crippen LogP contribution in [0.15, 0.2) is 0 Å². The SMILES string of the molecule is CC(C)(C)OC(=O)N1CC(C2CC(O)CN2)C1. The van der Waals surface area contributed by atoms with Crippen LogP contribution < -0.4 is 5.32 Å². The Kier molecular flexibility index (Phi) is 3.32. The van der Waals surface area contributed by atoms with Gasteiger partial charge < -0.3 is 20.1 Å². The third kappa shape index (κ3) is 3.10. The minimum absolute atomic E-state index is 0.226. The Labute approximate surface area is 102 Å². The number of hydrogen-bond acceptors (Lipinski definition) is 4. The highest BCUT2D eigenvalue weighted by Gasteiger charge is 2.40. The maximum atomic E-state index is 11.7. The summed E-state index contributed by atoms with van der Waals surface area (Å²) in [5.74, 6) is 0.458. The second kappa shape index (κ2) is 4.46. The Morgan fingerprint density at radius 3 is 2.53 bits per heavy atom. The molecule has 1 amide bonds. The molecular weight excluding hydrogens is 220 g/mol. The summed E-state index contributed by atoms with van der Waals surface area (Å²) in [6.45, 7) is 7.76. The molecule has 0 spiro atoms. The van der Waals surface area contributed by atoms with Crippen molar-refractivity contribution in [1.29, 1.82) is 0 Å². The summed E-state index contributed by atoms with van der Waals surface area (Å²) in [4.78, 5) is 13.4. The highest BCUT2D eigenvalue weighted by Crippen LogP contribution is 2.26. The molecule has 2 unspecified atom stereocenters. The molecule has 5 heteroatoms. The fourth-order valence-corrected chi connectivity index (χ4v) is 2.35. The average Bonchev–Trinajstić information content (AvgIpc) is 2.45. The molecule has 2 aliphatic heterocycles. The molecule has 0 aliphatic carbocycles. The van der Waals surface area contributed by atoms with Gasteiger partial charge in [0.15, 0.2) is 0 Å². The van der Waals surface area contributed by atoms with E-state index in [1.807, 2.05) is 20.8 Å². The molecule has 98 valence electrons. The second-order valence-electron chi connectivity index (χ2n) is 6.05. The standard InChI is InChI=1S/C12H22N2O3/c1-12(2,3)17-11(16)14-6-8(7-14)10-4-9(15)5-13-10/h8-10,13,15H,4-7H2,1-3H3. The molecule has 2 atom stereocenters. The lowest BCUT2D eigenvalue weighted by Crippen LogP contribution is -2.57. The van der Waals surface area contributed by atoms with Crippen LogP contribution in [0.3, 0.4) is 0 Å². The normalized spacial score (nSPS) is 30.2. The molecule has 2 N–H and O–H groups in total. The van der Waals surface area contributed by atoms with Gasteiger partial charge in [0.05, 0.1) is 6.10 Å². The Balaban J connectivity index is 1.73. The van der Waals surface area contributed by atoms with Gasteiger partial charge in [0.1, 0.15) is 5.60 Å². The monoisotopic (exact) mass is 242 g/mol. The number of β-amino-alcohol motifs (C(OH)–C–C–N with tert-alkyl or cyclic N) is 1. The summed E-state index contributed by atoms with van der Waals surface area (Å²) in [5.41, 5.74) is -0.427. The van der Waals surface area contributed by atoms with Crippen LogP contribution in [0.4, 0.5) is 4.79 Å². The lowest BCUT2D eigenvalue weighted by molar-refractivity contribution is -0.00617. The van der Waals surface area contributed by atoms with Gasteiger partial charge in [0.2, 0.25) is 0 Å². The smallest absolute Gasteiger partial charge is 0.410 e. The van der Waals surface area contributed by atoms with Crippen molar-refractivity contribution in [2.24, 2.45) is 5.92 Å². The van der Waals surface area contributed by atoms with Crippen LogP contribution in [0.1, 0.15) is 27.2 Å². The number of rotatable bonds is 1. The molecule has 5 nitrogen and oxygen atoms in total. The van der Waals surface area contributed by atoms with Gasteiger partial charge in [-0.15, -0.1) is 0 Å². The lowest BCUT2D eigenvalue weighted by atomic mass is 9.90. The van der Waals surface area contributed by atoms with E-state index in [4.69, 9.17) is 4.74 Å². The molecule has 0 saturated carbocycles. The van der Waals surface area contributed by atoms with Gasteiger partial charge in [-0.1, -0.05) is 0 Å². The number of carbonyl (C=O) groups excluding carboxylic acids is 1. The van der Waals surface area contributed by atoms with E-state index in [-0.39, 0.29) is 12.2 Å². The first kappa shape index (κ1) is 12.6. The summed E-state index contributed by atoms with van der Waals surface area (Å²) in [7, 11) is 0. The van der Waals surface area contributed by atoms with Gasteiger partial charge in [0, 0.05) is 31.6 Å². The predicted octanol–water partition coefficient (Wildman–Crippen LogP) is 0.576. The zero-order valence-electron chi connectivity index (χ0n) is 10.8. The topological polar surface area (TPSA) is 61.8 Å². The third-order valence-electron chi connectivity index (χ3n) is 3.27. The summed E-state index contributed by atoms with van der Waals surface area (Å²) < 4.78 is 5.29. The molecule has 0 bridgehead atoms. The Morgan fingerprint density at radius 2 is 2.06 bits per heavy atom. The largest absolute Gasteiger partial charge is 0.444 e. The predicted molar refractivity (Wildman–Crippen MR) is 63.7 cm³/mol. The van der Waals surface area contributed by atoms with Gasteiger partial charge in [-0.25, -0.2) is 4.79 Å². The number of ether oxygens (including phenoxy) is 1. The maximum absolute atomic E-state index is 11.7. The lowest BCUT2D eigenvalue weighted by Gasteiger charge is -2.42. The van der Waals surface area contributed by atoms with Crippen LogP contribution in [0, 0.1) is 5.92 Å². The van der Waals surface area contributed by atoms with Crippen LogP contribution in [-0.4, -0.2) is 53.5 Å². The van der Waals surface area contributed by atoms with Crippen LogP contribution >= 0.6 is 0 Å². The molecule has 2 rings (SSSR count). The van der Waals surface area contributed by atoms with Crippen molar-refractivity contribution >= 4 is 6.09 Å². The Hall–Kier alpha value is -0.810. The molecule has 17 heavy (non-hydrogen) atoms. The van der Waals surface area contributed by atoms with E-state index in [0.29, 0.717) is 18.5 Å². The minimum atomic E-state index is -0.427. The molecule has 2 aliphatic rings. The first-order chi connectivity index (χ1) is 7.85. The summed E-state index contributed by atoms with van der Waals surface area (Å²) >= 11 is 0. The number of aliphatic hydroxyl groups excluding tert-OH is 1. The van der Waals surface area contributed by atoms with Gasteiger partial charge in [-0.3, -0.25) is 0 Å². The molecular formula is C12H22N2O3. The number of nitrogens with one attached hydrogen (secondary N) is 1. The Bertz CT molecular complexity index is 295. The van der Waals surface area contributed by atoms with Crippen molar-refractivity contribution in [2.45, 2.75) is 44.9 Å². The molecule has 0 radical (unpaired) electrons. The highest BCUT2D eigenvalue weighted by molar-refractivity contribution is 5.69. The van der Waals surface area contributed by atoms with Crippen LogP contribution in [0.2, 0.25) is 0 Å². The Morgan fingerprint density at radius 1 is 1.41 bits per heavy atom. The first-order valence-electron chi connectivity index (χ1n) is 6.24. The fourth-order valence-electron chi connectivity index (χ4n) is 2.35. The molecule has 2 fully saturated rings. The number of nitrogens with zero attached hydrogens (tertiary/aromatic N) is 1. The van der Waals surface area contributed by atoms with E-state index < -0.39 is 5.60 Å². The highest BCUT2D eigenvalue weighted by atomic mass is 16.6. The number of amides is 1. The van der Waals surface area contributed by atoms with Crippen molar-refractivity contribution in [2.75, 3.05) is 19.6 Å². The maximum Gasteiger partial charge on any atom is 0.410 e. The van der Waals surface area contributed by atoms with Crippen LogP contribution in [0.5, 0.6) is 0 Å². The van der Waals surface area contributed by atoms with Gasteiger partial charge in [-0.05, 0) is 27.2 Å². The molecule has 0 aromatic carbocycles. The van der Waals surface area contributed by atoms with E-state index in [2.05, 4.69) is 5.32 Å². The summed E-state index contributed by atoms with van der Waals surface area (Å²) in [6, 6.07) is 0.351. The van der Waals surface area contributed by atoms with Crippen molar-refractivity contribution in [3.8, 4) is 0 Å². The number of likely N-dealkylation sites (tertiary alicyclic amines) is 1. The fraction of sp³-hybridized carbons (Fsp3) is 0.917. The molecule has 0 aromatic rings. The zero-order valence-corrected chi connectivity index (χ0v) is 10.8. The third-order valence-corrected chi connectivity index (χ3v) is 3.27. The molecule has 0 aromatic heterocycles. The van der Waals surface area contributed by atoms with E-state index in [1.165, 1.54) is 0 Å². The van der Waals surface area contributed by atoms with E-state index >= 15 is 0 Å². The average molecular weight is 242 g/mol. The number of aliphatic hydroxyl groups is 1. The number of hydrogen-bond donors (Lipinski definition) is 2. The quantitative estimate of drug-likeness (QED) is 0.706. The van der Waals surface area contributed by atoms with E-state index in [0.717, 1.165) is 19.5 Å². The van der Waals surface area contributed by atoms with Crippen molar-refractivity contribution < 1.29 is 14.6 Å². The summed E-state index contributed by atoms with van der Waals surface area (Å²) in [6.07, 6.45) is 0.343. The van der Waals surface area contributed by atoms with Crippen molar-refractivity contribution in [1.82, 2.24) is 10.2 Å².